The maximum atomic E-state index is 12.7. The highest BCUT2D eigenvalue weighted by Gasteiger charge is 2.21. The van der Waals surface area contributed by atoms with Crippen LogP contribution in [0, 0.1) is 0 Å². The molecule has 0 rings (SSSR count). The zero-order valence-corrected chi connectivity index (χ0v) is 38.2. The smallest absolute Gasteiger partial charge is 0.306 e. The number of hydrogen-bond donors (Lipinski definition) is 1. The number of likely N-dealkylation sites (N-methyl/N-ethyl adjacent to an activating group) is 1. The summed E-state index contributed by atoms with van der Waals surface area (Å²) in [5, 5.41) is 10.1. The number of quaternary nitrogens is 1. The minimum atomic E-state index is -4.67. The van der Waals surface area contributed by atoms with Crippen molar-refractivity contribution >= 4 is 19.8 Å². The Labute approximate surface area is 358 Å². The Morgan fingerprint density at radius 3 is 1.66 bits per heavy atom. The summed E-state index contributed by atoms with van der Waals surface area (Å²) in [4.78, 5) is 37.5. The molecule has 336 valence electrons. The SMILES string of the molecule is CCCCC/C=C\C=C/[C@@H](O)C/C=C\C/C=C/CCCC(=O)OC[C@H](COP(=O)([O-])OCC[N+](C)(C)C)OC(=O)CCC/C=C\C/C=C\C/C=C\C/C=C\CCCCC. The van der Waals surface area contributed by atoms with Gasteiger partial charge in [-0.15, -0.1) is 0 Å². The van der Waals surface area contributed by atoms with Crippen LogP contribution in [-0.2, 0) is 32.7 Å². The first-order valence-corrected chi connectivity index (χ1v) is 23.5. The van der Waals surface area contributed by atoms with Crippen LogP contribution in [0.3, 0.4) is 0 Å². The summed E-state index contributed by atoms with van der Waals surface area (Å²) >= 11 is 0. The number of rotatable bonds is 38. The van der Waals surface area contributed by atoms with Gasteiger partial charge in [0.05, 0.1) is 33.9 Å². The van der Waals surface area contributed by atoms with Crippen molar-refractivity contribution in [2.75, 3.05) is 47.5 Å². The number of ether oxygens (including phenoxy) is 2. The molecule has 0 amide bonds. The number of unbranched alkanes of at least 4 members (excludes halogenated alkanes) is 8. The van der Waals surface area contributed by atoms with E-state index in [0.717, 1.165) is 38.5 Å². The van der Waals surface area contributed by atoms with Gasteiger partial charge >= 0.3 is 11.9 Å². The molecular weight excluding hydrogens is 765 g/mol. The first-order chi connectivity index (χ1) is 28.4. The monoisotopic (exact) mass is 846 g/mol. The van der Waals surface area contributed by atoms with Crippen LogP contribution in [0.1, 0.15) is 136 Å². The van der Waals surface area contributed by atoms with E-state index >= 15 is 0 Å². The third-order valence-corrected chi connectivity index (χ3v) is 9.62. The molecule has 0 fully saturated rings. The van der Waals surface area contributed by atoms with Crippen LogP contribution in [0.5, 0.6) is 0 Å². The molecule has 3 atom stereocenters. The van der Waals surface area contributed by atoms with Crippen molar-refractivity contribution in [1.29, 1.82) is 0 Å². The third kappa shape index (κ3) is 42.8. The molecule has 11 heteroatoms. The summed E-state index contributed by atoms with van der Waals surface area (Å²) in [7, 11) is 1.05. The number of nitrogens with zero attached hydrogens (tertiary/aromatic N) is 1. The molecule has 0 bridgehead atoms. The van der Waals surface area contributed by atoms with Crippen LogP contribution in [0.2, 0.25) is 0 Å². The van der Waals surface area contributed by atoms with Crippen LogP contribution in [0.4, 0.5) is 0 Å². The Balaban J connectivity index is 4.63. The standard InChI is InChI=1S/C48H80NO9P/c1-6-8-10-12-14-15-16-17-18-19-20-21-22-23-27-32-36-40-48(52)58-46(44-57-59(53,54)56-42-41-49(3,4)5)43-55-47(51)39-35-31-28-24-26-30-34-38-45(50)37-33-29-25-13-11-9-7-2/h14-15,17-18,20-21,23-25,27-30,33-34,37,45-46,50H,6-13,16,19,22,26,31-32,35-36,38-44H2,1-5H3/b15-14-,18-17-,21-20-,27-23-,28-24+,29-25-,34-30-,37-33-/t45-,46-/m1/s1. The van der Waals surface area contributed by atoms with Crippen molar-refractivity contribution in [3.8, 4) is 0 Å². The van der Waals surface area contributed by atoms with E-state index in [4.69, 9.17) is 18.5 Å². The molecule has 1 unspecified atom stereocenters. The molecule has 0 radical (unpaired) electrons. The summed E-state index contributed by atoms with van der Waals surface area (Å²) in [6.45, 7) is 3.92. The second-order valence-corrected chi connectivity index (χ2v) is 17.0. The lowest BCUT2D eigenvalue weighted by molar-refractivity contribution is -0.870. The van der Waals surface area contributed by atoms with Gasteiger partial charge in [-0.3, -0.25) is 14.2 Å². The van der Waals surface area contributed by atoms with Gasteiger partial charge in [-0.05, 0) is 83.5 Å². The predicted molar refractivity (Wildman–Crippen MR) is 241 cm³/mol. The molecule has 0 saturated carbocycles. The van der Waals surface area contributed by atoms with Gasteiger partial charge in [0.15, 0.2) is 6.10 Å². The van der Waals surface area contributed by atoms with E-state index in [0.29, 0.717) is 43.1 Å². The Morgan fingerprint density at radius 2 is 1.12 bits per heavy atom. The Hall–Kier alpha value is -3.11. The first-order valence-electron chi connectivity index (χ1n) is 22.1. The highest BCUT2D eigenvalue weighted by atomic mass is 31.2. The minimum Gasteiger partial charge on any atom is -0.756 e. The van der Waals surface area contributed by atoms with E-state index in [-0.39, 0.29) is 26.1 Å². The van der Waals surface area contributed by atoms with E-state index in [1.165, 1.54) is 38.5 Å². The Kier molecular flexibility index (Phi) is 37.0. The van der Waals surface area contributed by atoms with Gasteiger partial charge in [-0.2, -0.15) is 0 Å². The molecule has 0 aromatic rings. The molecule has 10 nitrogen and oxygen atoms in total. The summed E-state index contributed by atoms with van der Waals surface area (Å²) in [5.74, 6) is -1.02. The highest BCUT2D eigenvalue weighted by Crippen LogP contribution is 2.38. The molecule has 0 aromatic heterocycles. The summed E-state index contributed by atoms with van der Waals surface area (Å²) < 4.78 is 33.7. The number of hydrogen-bond acceptors (Lipinski definition) is 9. The number of aliphatic hydroxyl groups is 1. The lowest BCUT2D eigenvalue weighted by atomic mass is 10.2. The molecule has 59 heavy (non-hydrogen) atoms. The fraction of sp³-hybridized carbons (Fsp3) is 0.625. The minimum absolute atomic E-state index is 0.0655. The maximum absolute atomic E-state index is 12.7. The first kappa shape index (κ1) is 55.9. The molecule has 0 aliphatic heterocycles. The Morgan fingerprint density at radius 1 is 0.627 bits per heavy atom. The number of allylic oxidation sites excluding steroid dienone is 14. The van der Waals surface area contributed by atoms with Gasteiger partial charge in [0.25, 0.3) is 7.82 Å². The number of phosphoric ester groups is 1. The molecule has 0 heterocycles. The largest absolute Gasteiger partial charge is 0.756 e. The third-order valence-electron chi connectivity index (χ3n) is 8.66. The van der Waals surface area contributed by atoms with E-state index < -0.39 is 38.6 Å². The maximum Gasteiger partial charge on any atom is 0.306 e. The molecule has 0 saturated heterocycles. The predicted octanol–water partition coefficient (Wildman–Crippen LogP) is 10.9. The normalized spacial score (nSPS) is 15.0. The zero-order valence-electron chi connectivity index (χ0n) is 37.3. The van der Waals surface area contributed by atoms with E-state index in [1.54, 1.807) is 6.08 Å². The fourth-order valence-electron chi connectivity index (χ4n) is 5.13. The Bertz CT molecular complexity index is 1340. The van der Waals surface area contributed by atoms with Crippen LogP contribution in [-0.4, -0.2) is 81.2 Å². The highest BCUT2D eigenvalue weighted by molar-refractivity contribution is 7.45. The zero-order chi connectivity index (χ0) is 43.7. The molecule has 0 aliphatic carbocycles. The topological polar surface area (TPSA) is 131 Å². The van der Waals surface area contributed by atoms with Crippen molar-refractivity contribution in [2.45, 2.75) is 148 Å². The van der Waals surface area contributed by atoms with E-state index in [2.05, 4.69) is 62.5 Å². The van der Waals surface area contributed by atoms with Gasteiger partial charge in [0.1, 0.15) is 19.8 Å². The van der Waals surface area contributed by atoms with Crippen molar-refractivity contribution < 1.29 is 47.2 Å². The van der Waals surface area contributed by atoms with Crippen LogP contribution >= 0.6 is 7.82 Å². The summed E-state index contributed by atoms with van der Waals surface area (Å²) in [5.41, 5.74) is 0. The number of carbonyl (C=O) groups is 2. The second-order valence-electron chi connectivity index (χ2n) is 15.5. The fourth-order valence-corrected chi connectivity index (χ4v) is 5.86. The van der Waals surface area contributed by atoms with Gasteiger partial charge in [0, 0.05) is 12.8 Å². The van der Waals surface area contributed by atoms with Crippen LogP contribution in [0.25, 0.3) is 0 Å². The van der Waals surface area contributed by atoms with Gasteiger partial charge in [-0.25, -0.2) is 0 Å². The van der Waals surface area contributed by atoms with Crippen molar-refractivity contribution in [3.63, 3.8) is 0 Å². The lowest BCUT2D eigenvalue weighted by Crippen LogP contribution is -2.37. The van der Waals surface area contributed by atoms with Crippen LogP contribution in [0.15, 0.2) is 97.2 Å². The second kappa shape index (κ2) is 39.1. The average molecular weight is 846 g/mol. The van der Waals surface area contributed by atoms with Crippen molar-refractivity contribution in [1.82, 2.24) is 0 Å². The molecule has 1 N–H and O–H groups in total. The number of aliphatic hydroxyl groups excluding tert-OH is 1. The quantitative estimate of drug-likeness (QED) is 0.0161. The van der Waals surface area contributed by atoms with E-state index in [9.17, 15) is 24.2 Å². The average Bonchev–Trinajstić information content (AvgIpc) is 3.18. The van der Waals surface area contributed by atoms with Gasteiger partial charge in [0.2, 0.25) is 0 Å². The number of carbonyl (C=O) groups excluding carboxylic acids is 2. The molecular formula is C48H80NO9P. The van der Waals surface area contributed by atoms with E-state index in [1.807, 2.05) is 63.7 Å². The van der Waals surface area contributed by atoms with Gasteiger partial charge in [-0.1, -0.05) is 137 Å². The van der Waals surface area contributed by atoms with Gasteiger partial charge < -0.3 is 33.0 Å². The lowest BCUT2D eigenvalue weighted by Gasteiger charge is -2.28. The number of phosphoric acid groups is 1. The molecule has 0 spiro atoms. The summed E-state index contributed by atoms with van der Waals surface area (Å²) in [6, 6.07) is 0. The molecule has 0 aliphatic rings. The number of esters is 2. The van der Waals surface area contributed by atoms with Crippen molar-refractivity contribution in [3.05, 3.63) is 97.2 Å². The summed E-state index contributed by atoms with van der Waals surface area (Å²) in [6.07, 6.45) is 47.6. The van der Waals surface area contributed by atoms with Crippen LogP contribution < -0.4 is 4.89 Å². The van der Waals surface area contributed by atoms with Crippen molar-refractivity contribution in [2.24, 2.45) is 0 Å². The molecule has 0 aromatic carbocycles.